The molecule has 0 bridgehead atoms. The molecule has 0 aliphatic carbocycles. The molecule has 2 heterocycles. The summed E-state index contributed by atoms with van der Waals surface area (Å²) in [5.41, 5.74) is 1.95. The highest BCUT2D eigenvalue weighted by Gasteiger charge is 2.15. The van der Waals surface area contributed by atoms with Crippen molar-refractivity contribution in [2.45, 2.75) is 25.7 Å². The number of carbonyl (C=O) groups excluding carboxylic acids is 1. The van der Waals surface area contributed by atoms with Gasteiger partial charge >= 0.3 is 5.97 Å². The number of hydrogen-bond donors (Lipinski definition) is 2. The van der Waals surface area contributed by atoms with Crippen LogP contribution in [0, 0.1) is 0 Å². The van der Waals surface area contributed by atoms with Crippen LogP contribution in [0.25, 0.3) is 10.2 Å². The van der Waals surface area contributed by atoms with Crippen molar-refractivity contribution in [2.24, 2.45) is 0 Å². The second-order valence-electron chi connectivity index (χ2n) is 6.55. The number of unbranched alkanes of at least 4 members (excludes halogenated alkanes) is 2. The Balaban J connectivity index is 1.44. The molecule has 0 spiro atoms. The number of esters is 1. The minimum Gasteiger partial charge on any atom is -0.469 e. The van der Waals surface area contributed by atoms with E-state index in [1.165, 1.54) is 7.11 Å². The van der Waals surface area contributed by atoms with Crippen LogP contribution in [0.5, 0.6) is 0 Å². The molecule has 1 aliphatic rings. The van der Waals surface area contributed by atoms with Crippen LogP contribution in [0.4, 0.5) is 10.8 Å². The van der Waals surface area contributed by atoms with E-state index in [2.05, 4.69) is 26.3 Å². The number of nitrogens with zero attached hydrogens (tertiary/aromatic N) is 2. The number of nitrogens with one attached hydrogen (secondary N) is 2. The zero-order chi connectivity index (χ0) is 19.8. The van der Waals surface area contributed by atoms with Crippen LogP contribution < -0.4 is 15.5 Å². The molecule has 2 N–H and O–H groups in total. The molecule has 28 heavy (non-hydrogen) atoms. The molecule has 152 valence electrons. The van der Waals surface area contributed by atoms with E-state index in [0.29, 0.717) is 11.5 Å². The standard InChI is InChI=1S/C19H26N4O3S2/c1-25-17(24)5-3-2-4-8-20-18(27)21-14-6-7-15-16(13-14)28-19(22-15)23-9-11-26-12-10-23/h6-7,13H,2-5,8-12H2,1H3,(H2,20,21,27). The summed E-state index contributed by atoms with van der Waals surface area (Å²) >= 11 is 7.07. The highest BCUT2D eigenvalue weighted by atomic mass is 32.1. The monoisotopic (exact) mass is 422 g/mol. The summed E-state index contributed by atoms with van der Waals surface area (Å²) in [4.78, 5) is 18.1. The summed E-state index contributed by atoms with van der Waals surface area (Å²) in [5, 5.41) is 8.09. The first-order valence-electron chi connectivity index (χ1n) is 9.50. The number of aromatic nitrogens is 1. The van der Waals surface area contributed by atoms with E-state index in [9.17, 15) is 4.79 Å². The molecule has 0 amide bonds. The van der Waals surface area contributed by atoms with Crippen LogP contribution in [0.15, 0.2) is 18.2 Å². The predicted octanol–water partition coefficient (Wildman–Crippen LogP) is 3.15. The maximum Gasteiger partial charge on any atom is 0.305 e. The van der Waals surface area contributed by atoms with Gasteiger partial charge in [0.05, 0.1) is 30.5 Å². The Morgan fingerprint density at radius 3 is 2.93 bits per heavy atom. The van der Waals surface area contributed by atoms with Crippen molar-refractivity contribution in [3.05, 3.63) is 18.2 Å². The van der Waals surface area contributed by atoms with Gasteiger partial charge in [-0.25, -0.2) is 4.98 Å². The average molecular weight is 423 g/mol. The van der Waals surface area contributed by atoms with Crippen molar-refractivity contribution in [3.8, 4) is 0 Å². The Labute approximate surface area is 174 Å². The third kappa shape index (κ3) is 6.02. The first-order chi connectivity index (χ1) is 13.7. The lowest BCUT2D eigenvalue weighted by Crippen LogP contribution is -2.36. The number of thiazole rings is 1. The number of ether oxygens (including phenoxy) is 2. The lowest BCUT2D eigenvalue weighted by Gasteiger charge is -2.25. The Kier molecular flexibility index (Phi) is 7.81. The molecule has 0 unspecified atom stereocenters. The molecular weight excluding hydrogens is 396 g/mol. The molecule has 0 saturated carbocycles. The van der Waals surface area contributed by atoms with Crippen molar-refractivity contribution >= 4 is 55.7 Å². The lowest BCUT2D eigenvalue weighted by atomic mass is 10.2. The largest absolute Gasteiger partial charge is 0.469 e. The van der Waals surface area contributed by atoms with E-state index in [4.69, 9.17) is 21.9 Å². The van der Waals surface area contributed by atoms with Gasteiger partial charge in [-0.2, -0.15) is 0 Å². The van der Waals surface area contributed by atoms with Crippen molar-refractivity contribution in [1.29, 1.82) is 0 Å². The van der Waals surface area contributed by atoms with Gasteiger partial charge in [0.2, 0.25) is 0 Å². The Morgan fingerprint density at radius 1 is 1.32 bits per heavy atom. The molecule has 1 saturated heterocycles. The van der Waals surface area contributed by atoms with Gasteiger partial charge in [0.15, 0.2) is 10.2 Å². The molecule has 7 nitrogen and oxygen atoms in total. The zero-order valence-electron chi connectivity index (χ0n) is 16.0. The first kappa shape index (κ1) is 20.8. The van der Waals surface area contributed by atoms with E-state index in [1.807, 2.05) is 12.1 Å². The van der Waals surface area contributed by atoms with Crippen molar-refractivity contribution in [2.75, 3.05) is 50.2 Å². The molecule has 0 atom stereocenters. The second-order valence-corrected chi connectivity index (χ2v) is 7.96. The Bertz CT molecular complexity index is 806. The highest BCUT2D eigenvalue weighted by molar-refractivity contribution is 7.80. The number of benzene rings is 1. The smallest absolute Gasteiger partial charge is 0.305 e. The minimum atomic E-state index is -0.152. The summed E-state index contributed by atoms with van der Waals surface area (Å²) in [6.07, 6.45) is 3.22. The third-order valence-corrected chi connectivity index (χ3v) is 5.81. The van der Waals surface area contributed by atoms with E-state index < -0.39 is 0 Å². The quantitative estimate of drug-likeness (QED) is 0.382. The van der Waals surface area contributed by atoms with Gasteiger partial charge in [-0.05, 0) is 43.3 Å². The fraction of sp³-hybridized carbons (Fsp3) is 0.526. The topological polar surface area (TPSA) is 75.7 Å². The lowest BCUT2D eigenvalue weighted by molar-refractivity contribution is -0.140. The molecular formula is C19H26N4O3S2. The van der Waals surface area contributed by atoms with Crippen molar-refractivity contribution in [1.82, 2.24) is 10.3 Å². The number of rotatable bonds is 8. The van der Waals surface area contributed by atoms with Gasteiger partial charge in [0.25, 0.3) is 0 Å². The number of hydrogen-bond acceptors (Lipinski definition) is 7. The first-order valence-corrected chi connectivity index (χ1v) is 10.7. The number of fused-ring (bicyclic) bond motifs is 1. The van der Waals surface area contributed by atoms with Gasteiger partial charge in [-0.3, -0.25) is 4.79 Å². The normalized spacial score (nSPS) is 14.1. The van der Waals surface area contributed by atoms with Crippen LogP contribution in [-0.4, -0.2) is 56.0 Å². The summed E-state index contributed by atoms with van der Waals surface area (Å²) in [6.45, 7) is 4.06. The second kappa shape index (κ2) is 10.5. The number of carbonyl (C=O) groups is 1. The summed E-state index contributed by atoms with van der Waals surface area (Å²) in [6, 6.07) is 6.10. The van der Waals surface area contributed by atoms with Gasteiger partial charge < -0.3 is 25.0 Å². The highest BCUT2D eigenvalue weighted by Crippen LogP contribution is 2.31. The number of morpholine rings is 1. The molecule has 1 aromatic heterocycles. The van der Waals surface area contributed by atoms with Crippen LogP contribution in [0.1, 0.15) is 25.7 Å². The fourth-order valence-electron chi connectivity index (χ4n) is 2.93. The minimum absolute atomic E-state index is 0.152. The van der Waals surface area contributed by atoms with E-state index in [-0.39, 0.29) is 5.97 Å². The van der Waals surface area contributed by atoms with E-state index in [0.717, 1.165) is 73.1 Å². The van der Waals surface area contributed by atoms with Crippen LogP contribution in [-0.2, 0) is 14.3 Å². The molecule has 9 heteroatoms. The average Bonchev–Trinajstić information content (AvgIpc) is 3.14. The maximum atomic E-state index is 11.1. The van der Waals surface area contributed by atoms with Crippen LogP contribution in [0.3, 0.4) is 0 Å². The summed E-state index contributed by atoms with van der Waals surface area (Å²) < 4.78 is 11.2. The zero-order valence-corrected chi connectivity index (χ0v) is 17.7. The maximum absolute atomic E-state index is 11.1. The molecule has 1 fully saturated rings. The summed E-state index contributed by atoms with van der Waals surface area (Å²) in [7, 11) is 1.42. The van der Waals surface area contributed by atoms with Gasteiger partial charge in [0, 0.05) is 31.7 Å². The SMILES string of the molecule is COC(=O)CCCCCNC(=S)Nc1ccc2nc(N3CCOCC3)sc2c1. The van der Waals surface area contributed by atoms with Crippen molar-refractivity contribution in [3.63, 3.8) is 0 Å². The Morgan fingerprint density at radius 2 is 2.14 bits per heavy atom. The molecule has 3 rings (SSSR count). The fourth-order valence-corrected chi connectivity index (χ4v) is 4.21. The molecule has 2 aromatic rings. The third-order valence-electron chi connectivity index (χ3n) is 4.49. The number of methoxy groups -OCH3 is 1. The van der Waals surface area contributed by atoms with E-state index in [1.54, 1.807) is 11.3 Å². The molecule has 0 radical (unpaired) electrons. The van der Waals surface area contributed by atoms with Crippen LogP contribution in [0.2, 0.25) is 0 Å². The summed E-state index contributed by atoms with van der Waals surface area (Å²) in [5.74, 6) is -0.152. The number of anilines is 2. The molecule has 1 aliphatic heterocycles. The van der Waals surface area contributed by atoms with Gasteiger partial charge in [-0.15, -0.1) is 0 Å². The van der Waals surface area contributed by atoms with Crippen molar-refractivity contribution < 1.29 is 14.3 Å². The Hall–Kier alpha value is -1.97. The van der Waals surface area contributed by atoms with Gasteiger partial charge in [-0.1, -0.05) is 17.8 Å². The van der Waals surface area contributed by atoms with Crippen LogP contribution >= 0.6 is 23.6 Å². The molecule has 1 aromatic carbocycles. The number of thiocarbonyl (C=S) groups is 1. The van der Waals surface area contributed by atoms with E-state index >= 15 is 0 Å². The van der Waals surface area contributed by atoms with Gasteiger partial charge in [0.1, 0.15) is 0 Å². The predicted molar refractivity (Wildman–Crippen MR) is 117 cm³/mol.